The molecule has 0 aliphatic heterocycles. The molecule has 2 rings (SSSR count). The summed E-state index contributed by atoms with van der Waals surface area (Å²) in [6.45, 7) is 0.600. The van der Waals surface area contributed by atoms with E-state index in [0.717, 1.165) is 16.9 Å². The molecule has 0 atom stereocenters. The number of ether oxygens (including phenoxy) is 1. The topological polar surface area (TPSA) is 75.6 Å². The summed E-state index contributed by atoms with van der Waals surface area (Å²) in [7, 11) is 0. The molecular formula is C17H15NO4S. The summed E-state index contributed by atoms with van der Waals surface area (Å²) in [4.78, 5) is 23.2. The van der Waals surface area contributed by atoms with Gasteiger partial charge in [-0.3, -0.25) is 0 Å². The van der Waals surface area contributed by atoms with Crippen molar-refractivity contribution in [3.63, 3.8) is 0 Å². The highest BCUT2D eigenvalue weighted by Crippen LogP contribution is 2.14. The van der Waals surface area contributed by atoms with Crippen LogP contribution in [0.1, 0.15) is 26.5 Å². The average Bonchev–Trinajstić information content (AvgIpc) is 3.03. The number of hydrogen-bond donors (Lipinski definition) is 2. The summed E-state index contributed by atoms with van der Waals surface area (Å²) < 4.78 is 5.06. The molecule has 1 aromatic carbocycles. The largest absolute Gasteiger partial charge is 0.477 e. The number of alkyl carbamates (subject to hydrolysis) is 1. The van der Waals surface area contributed by atoms with Crippen LogP contribution in [0.5, 0.6) is 0 Å². The Morgan fingerprint density at radius 3 is 2.65 bits per heavy atom. The zero-order chi connectivity index (χ0) is 16.5. The van der Waals surface area contributed by atoms with E-state index in [1.165, 1.54) is 6.07 Å². The first-order valence-corrected chi connectivity index (χ1v) is 7.73. The second kappa shape index (κ2) is 8.61. The zero-order valence-electron chi connectivity index (χ0n) is 12.2. The molecule has 2 aromatic rings. The van der Waals surface area contributed by atoms with Crippen molar-refractivity contribution < 1.29 is 19.4 Å². The Hall–Kier alpha value is -2.78. The molecule has 0 saturated carbocycles. The number of amides is 1. The van der Waals surface area contributed by atoms with Crippen LogP contribution in [0.15, 0.2) is 42.5 Å². The van der Waals surface area contributed by atoms with Gasteiger partial charge in [0.1, 0.15) is 11.5 Å². The Bertz CT molecular complexity index is 728. The molecule has 0 aliphatic carbocycles. The minimum atomic E-state index is -0.953. The summed E-state index contributed by atoms with van der Waals surface area (Å²) in [5.41, 5.74) is 0.925. The number of rotatable bonds is 5. The lowest BCUT2D eigenvalue weighted by Gasteiger charge is -2.05. The Balaban J connectivity index is 1.66. The maximum absolute atomic E-state index is 11.5. The van der Waals surface area contributed by atoms with E-state index in [2.05, 4.69) is 17.2 Å². The van der Waals surface area contributed by atoms with E-state index in [0.29, 0.717) is 17.8 Å². The van der Waals surface area contributed by atoms with E-state index in [-0.39, 0.29) is 11.5 Å². The van der Waals surface area contributed by atoms with Gasteiger partial charge in [-0.1, -0.05) is 42.2 Å². The number of carboxylic acids is 1. The molecule has 0 fully saturated rings. The molecule has 5 nitrogen and oxygen atoms in total. The molecule has 0 aliphatic rings. The van der Waals surface area contributed by atoms with Gasteiger partial charge in [0, 0.05) is 13.0 Å². The van der Waals surface area contributed by atoms with Crippen molar-refractivity contribution >= 4 is 23.4 Å². The quantitative estimate of drug-likeness (QED) is 0.653. The normalized spacial score (nSPS) is 9.57. The van der Waals surface area contributed by atoms with Gasteiger partial charge in [-0.15, -0.1) is 11.3 Å². The van der Waals surface area contributed by atoms with Crippen molar-refractivity contribution in [2.45, 2.75) is 13.0 Å². The predicted molar refractivity (Wildman–Crippen MR) is 87.4 cm³/mol. The Morgan fingerprint density at radius 1 is 1.17 bits per heavy atom. The van der Waals surface area contributed by atoms with Gasteiger partial charge in [-0.05, 0) is 17.7 Å². The molecule has 0 spiro atoms. The van der Waals surface area contributed by atoms with Crippen LogP contribution in [0.4, 0.5) is 4.79 Å². The molecule has 2 N–H and O–H groups in total. The number of benzene rings is 1. The Kier molecular flexibility index (Phi) is 6.21. The molecule has 1 aromatic heterocycles. The van der Waals surface area contributed by atoms with Crippen LogP contribution < -0.4 is 5.32 Å². The third kappa shape index (κ3) is 5.85. The highest BCUT2D eigenvalue weighted by molar-refractivity contribution is 7.14. The molecule has 6 heteroatoms. The Labute approximate surface area is 137 Å². The van der Waals surface area contributed by atoms with Crippen LogP contribution >= 0.6 is 11.3 Å². The van der Waals surface area contributed by atoms with Gasteiger partial charge in [0.05, 0.1) is 4.88 Å². The molecule has 0 saturated heterocycles. The van der Waals surface area contributed by atoms with Crippen LogP contribution in [0.3, 0.4) is 0 Å². The van der Waals surface area contributed by atoms with Gasteiger partial charge in [0.25, 0.3) is 0 Å². The average molecular weight is 329 g/mol. The van der Waals surface area contributed by atoms with Gasteiger partial charge < -0.3 is 15.2 Å². The smallest absolute Gasteiger partial charge is 0.407 e. The Morgan fingerprint density at radius 2 is 1.96 bits per heavy atom. The van der Waals surface area contributed by atoms with E-state index in [1.807, 2.05) is 30.3 Å². The van der Waals surface area contributed by atoms with Crippen LogP contribution in [0.2, 0.25) is 0 Å². The number of nitrogens with one attached hydrogen (secondary N) is 1. The van der Waals surface area contributed by atoms with Crippen molar-refractivity contribution in [3.05, 3.63) is 57.8 Å². The van der Waals surface area contributed by atoms with Crippen LogP contribution in [-0.4, -0.2) is 23.7 Å². The summed E-state index contributed by atoms with van der Waals surface area (Å²) in [5.74, 6) is 4.79. The molecule has 1 amide bonds. The second-order valence-electron chi connectivity index (χ2n) is 4.51. The fourth-order valence-electron chi connectivity index (χ4n) is 1.67. The van der Waals surface area contributed by atoms with Crippen molar-refractivity contribution in [3.8, 4) is 11.8 Å². The number of carboxylic acid groups (broad SMARTS) is 1. The number of carbonyl (C=O) groups excluding carboxylic acids is 1. The second-order valence-corrected chi connectivity index (χ2v) is 5.59. The number of carbonyl (C=O) groups is 2. The molecular weight excluding hydrogens is 314 g/mol. The van der Waals surface area contributed by atoms with Crippen LogP contribution in [-0.2, 0) is 11.3 Å². The van der Waals surface area contributed by atoms with E-state index < -0.39 is 12.1 Å². The van der Waals surface area contributed by atoms with E-state index >= 15 is 0 Å². The standard InChI is InChI=1S/C17H15NO4S/c19-16(20)15-10-9-14(23-15)8-4-5-11-18-17(21)22-12-13-6-2-1-3-7-13/h1-3,6-7,9-10H,5,11-12H2,(H,18,21)(H,19,20). The minimum Gasteiger partial charge on any atom is -0.477 e. The third-order valence-corrected chi connectivity index (χ3v) is 3.75. The zero-order valence-corrected chi connectivity index (χ0v) is 13.1. The third-order valence-electron chi connectivity index (χ3n) is 2.76. The van der Waals surface area contributed by atoms with E-state index in [9.17, 15) is 9.59 Å². The summed E-state index contributed by atoms with van der Waals surface area (Å²) in [5, 5.41) is 11.4. The molecule has 118 valence electrons. The van der Waals surface area contributed by atoms with Gasteiger partial charge >= 0.3 is 12.1 Å². The first-order chi connectivity index (χ1) is 11.1. The fraction of sp³-hybridized carbons (Fsp3) is 0.176. The molecule has 0 radical (unpaired) electrons. The number of thiophene rings is 1. The van der Waals surface area contributed by atoms with Gasteiger partial charge in [-0.25, -0.2) is 9.59 Å². The molecule has 0 unspecified atom stereocenters. The van der Waals surface area contributed by atoms with Gasteiger partial charge in [0.15, 0.2) is 0 Å². The summed E-state index contributed by atoms with van der Waals surface area (Å²) in [6, 6.07) is 12.6. The van der Waals surface area contributed by atoms with Gasteiger partial charge in [0.2, 0.25) is 0 Å². The molecule has 23 heavy (non-hydrogen) atoms. The van der Waals surface area contributed by atoms with Crippen molar-refractivity contribution in [2.24, 2.45) is 0 Å². The van der Waals surface area contributed by atoms with Crippen molar-refractivity contribution in [1.29, 1.82) is 0 Å². The fourth-order valence-corrected chi connectivity index (χ4v) is 2.39. The van der Waals surface area contributed by atoms with Gasteiger partial charge in [-0.2, -0.15) is 0 Å². The van der Waals surface area contributed by atoms with Crippen molar-refractivity contribution in [2.75, 3.05) is 6.54 Å². The highest BCUT2D eigenvalue weighted by Gasteiger charge is 2.04. The SMILES string of the molecule is O=C(NCCC#Cc1ccc(C(=O)O)s1)OCc1ccccc1. The summed E-state index contributed by atoms with van der Waals surface area (Å²) in [6.07, 6.45) is -0.0271. The highest BCUT2D eigenvalue weighted by atomic mass is 32.1. The van der Waals surface area contributed by atoms with Crippen molar-refractivity contribution in [1.82, 2.24) is 5.32 Å². The first-order valence-electron chi connectivity index (χ1n) is 6.91. The molecule has 1 heterocycles. The summed E-state index contributed by atoms with van der Waals surface area (Å²) >= 11 is 1.13. The lowest BCUT2D eigenvalue weighted by atomic mass is 10.2. The predicted octanol–water partition coefficient (Wildman–Crippen LogP) is 3.11. The maximum Gasteiger partial charge on any atom is 0.407 e. The maximum atomic E-state index is 11.5. The number of aromatic carboxylic acids is 1. The monoisotopic (exact) mass is 329 g/mol. The van der Waals surface area contributed by atoms with Crippen LogP contribution in [0, 0.1) is 11.8 Å². The van der Waals surface area contributed by atoms with E-state index in [1.54, 1.807) is 6.07 Å². The number of hydrogen-bond acceptors (Lipinski definition) is 4. The first kappa shape index (κ1) is 16.6. The van der Waals surface area contributed by atoms with E-state index in [4.69, 9.17) is 9.84 Å². The van der Waals surface area contributed by atoms with Crippen LogP contribution in [0.25, 0.3) is 0 Å². The lowest BCUT2D eigenvalue weighted by molar-refractivity contribution is 0.0702. The minimum absolute atomic E-state index is 0.228. The lowest BCUT2D eigenvalue weighted by Crippen LogP contribution is -2.24. The molecule has 0 bridgehead atoms.